The van der Waals surface area contributed by atoms with Crippen LogP contribution in [0.4, 0.5) is 0 Å². The second-order valence-electron chi connectivity index (χ2n) is 5.70. The summed E-state index contributed by atoms with van der Waals surface area (Å²) in [6.45, 7) is 9.06. The van der Waals surface area contributed by atoms with E-state index in [1.54, 1.807) is 0 Å². The van der Waals surface area contributed by atoms with Crippen LogP contribution in [-0.2, 0) is 0 Å². The van der Waals surface area contributed by atoms with Gasteiger partial charge in [0.1, 0.15) is 0 Å². The van der Waals surface area contributed by atoms with E-state index in [1.165, 1.54) is 42.8 Å². The molecule has 94 valence electrons. The van der Waals surface area contributed by atoms with Gasteiger partial charge in [0.2, 0.25) is 0 Å². The molecule has 0 bridgehead atoms. The molecule has 1 saturated heterocycles. The van der Waals surface area contributed by atoms with Gasteiger partial charge in [0, 0.05) is 11.9 Å². The van der Waals surface area contributed by atoms with E-state index in [1.807, 2.05) is 0 Å². The lowest BCUT2D eigenvalue weighted by atomic mass is 9.89. The Labute approximate surface area is 105 Å². The van der Waals surface area contributed by atoms with Crippen molar-refractivity contribution in [1.29, 1.82) is 0 Å². The Balaban J connectivity index is 2.14. The zero-order chi connectivity index (χ0) is 12.4. The van der Waals surface area contributed by atoms with Crippen LogP contribution in [0.2, 0.25) is 0 Å². The van der Waals surface area contributed by atoms with Crippen LogP contribution in [0.1, 0.15) is 55.3 Å². The molecular formula is C15H24N2. The largest absolute Gasteiger partial charge is 0.306 e. The number of aromatic nitrogens is 1. The molecule has 1 aliphatic rings. The molecule has 17 heavy (non-hydrogen) atoms. The minimum atomic E-state index is 0.529. The maximum absolute atomic E-state index is 4.66. The van der Waals surface area contributed by atoms with Crippen LogP contribution in [0, 0.1) is 6.92 Å². The normalized spacial score (nSPS) is 18.9. The second kappa shape index (κ2) is 5.18. The first kappa shape index (κ1) is 12.6. The summed E-state index contributed by atoms with van der Waals surface area (Å²) >= 11 is 0. The van der Waals surface area contributed by atoms with Gasteiger partial charge in [-0.2, -0.15) is 0 Å². The summed E-state index contributed by atoms with van der Waals surface area (Å²) < 4.78 is 0. The van der Waals surface area contributed by atoms with Gasteiger partial charge in [-0.1, -0.05) is 19.9 Å². The highest BCUT2D eigenvalue weighted by Crippen LogP contribution is 2.29. The predicted molar refractivity (Wildman–Crippen MR) is 72.5 cm³/mol. The summed E-state index contributed by atoms with van der Waals surface area (Å²) in [7, 11) is 2.21. The Morgan fingerprint density at radius 1 is 1.29 bits per heavy atom. The Hall–Kier alpha value is -0.890. The number of rotatable bonds is 2. The first-order valence-corrected chi connectivity index (χ1v) is 6.73. The van der Waals surface area contributed by atoms with Crippen molar-refractivity contribution >= 4 is 0 Å². The predicted octanol–water partition coefficient (Wildman–Crippen LogP) is 3.32. The van der Waals surface area contributed by atoms with E-state index in [2.05, 4.69) is 50.0 Å². The first-order chi connectivity index (χ1) is 8.08. The monoisotopic (exact) mass is 232 g/mol. The van der Waals surface area contributed by atoms with Crippen molar-refractivity contribution in [2.24, 2.45) is 0 Å². The van der Waals surface area contributed by atoms with Gasteiger partial charge in [-0.05, 0) is 62.9 Å². The third-order valence-corrected chi connectivity index (χ3v) is 3.88. The summed E-state index contributed by atoms with van der Waals surface area (Å²) in [5, 5.41) is 0. The number of nitrogens with zero attached hydrogens (tertiary/aromatic N) is 2. The molecule has 0 radical (unpaired) electrons. The Bertz CT molecular complexity index is 377. The van der Waals surface area contributed by atoms with Gasteiger partial charge in [0.15, 0.2) is 0 Å². The molecule has 0 amide bonds. The molecule has 0 N–H and O–H groups in total. The molecule has 0 aromatic carbocycles. The molecule has 2 heteroatoms. The van der Waals surface area contributed by atoms with E-state index in [-0.39, 0.29) is 0 Å². The molecule has 0 unspecified atom stereocenters. The van der Waals surface area contributed by atoms with E-state index in [4.69, 9.17) is 0 Å². The summed E-state index contributed by atoms with van der Waals surface area (Å²) in [6.07, 6.45) is 4.66. The van der Waals surface area contributed by atoms with Crippen molar-refractivity contribution in [3.63, 3.8) is 0 Å². The van der Waals surface area contributed by atoms with Crippen LogP contribution in [0.3, 0.4) is 0 Å². The smallest absolute Gasteiger partial charge is 0.0458 e. The molecule has 0 aliphatic carbocycles. The van der Waals surface area contributed by atoms with Crippen molar-refractivity contribution in [2.45, 2.75) is 45.4 Å². The molecule has 1 fully saturated rings. The summed E-state index contributed by atoms with van der Waals surface area (Å²) in [5.41, 5.74) is 4.05. The summed E-state index contributed by atoms with van der Waals surface area (Å²) in [4.78, 5) is 7.07. The highest BCUT2D eigenvalue weighted by atomic mass is 15.1. The van der Waals surface area contributed by atoms with Crippen molar-refractivity contribution in [3.8, 4) is 0 Å². The Morgan fingerprint density at radius 3 is 2.47 bits per heavy atom. The van der Waals surface area contributed by atoms with Gasteiger partial charge in [0.25, 0.3) is 0 Å². The number of likely N-dealkylation sites (tertiary alicyclic amines) is 1. The number of aryl methyl sites for hydroxylation is 1. The lowest BCUT2D eigenvalue weighted by Gasteiger charge is -2.29. The van der Waals surface area contributed by atoms with E-state index in [0.717, 1.165) is 5.92 Å². The average molecular weight is 232 g/mol. The number of piperidine rings is 1. The minimum Gasteiger partial charge on any atom is -0.306 e. The molecular weight excluding hydrogens is 208 g/mol. The number of hydrogen-bond donors (Lipinski definition) is 0. The molecule has 0 atom stereocenters. The van der Waals surface area contributed by atoms with E-state index in [9.17, 15) is 0 Å². The standard InChI is InChI=1S/C15H24N2/c1-11(2)15-12(3)9-14(10-16-15)13-5-7-17(4)8-6-13/h9-11,13H,5-8H2,1-4H3. The number of hydrogen-bond acceptors (Lipinski definition) is 2. The van der Waals surface area contributed by atoms with Crippen molar-refractivity contribution < 1.29 is 0 Å². The summed E-state index contributed by atoms with van der Waals surface area (Å²) in [5.74, 6) is 1.25. The SMILES string of the molecule is Cc1cc(C2CCN(C)CC2)cnc1C(C)C. The van der Waals surface area contributed by atoms with Gasteiger partial charge in [-0.15, -0.1) is 0 Å². The summed E-state index contributed by atoms with van der Waals surface area (Å²) in [6, 6.07) is 2.36. The van der Waals surface area contributed by atoms with Gasteiger partial charge >= 0.3 is 0 Å². The van der Waals surface area contributed by atoms with Crippen molar-refractivity contribution in [2.75, 3.05) is 20.1 Å². The van der Waals surface area contributed by atoms with E-state index in [0.29, 0.717) is 5.92 Å². The number of pyridine rings is 1. The van der Waals surface area contributed by atoms with E-state index < -0.39 is 0 Å². The lowest BCUT2D eigenvalue weighted by molar-refractivity contribution is 0.255. The highest BCUT2D eigenvalue weighted by Gasteiger charge is 2.19. The molecule has 1 aromatic rings. The Morgan fingerprint density at radius 2 is 1.94 bits per heavy atom. The topological polar surface area (TPSA) is 16.1 Å². The molecule has 0 saturated carbocycles. The zero-order valence-corrected chi connectivity index (χ0v) is 11.5. The van der Waals surface area contributed by atoms with Crippen LogP contribution in [0.15, 0.2) is 12.3 Å². The van der Waals surface area contributed by atoms with Crippen LogP contribution in [0.25, 0.3) is 0 Å². The molecule has 0 spiro atoms. The molecule has 2 nitrogen and oxygen atoms in total. The lowest BCUT2D eigenvalue weighted by Crippen LogP contribution is -2.29. The zero-order valence-electron chi connectivity index (χ0n) is 11.5. The third-order valence-electron chi connectivity index (χ3n) is 3.88. The Kier molecular flexibility index (Phi) is 3.82. The van der Waals surface area contributed by atoms with Crippen LogP contribution in [0.5, 0.6) is 0 Å². The maximum Gasteiger partial charge on any atom is 0.0458 e. The molecule has 1 aliphatic heterocycles. The van der Waals surface area contributed by atoms with Crippen LogP contribution in [-0.4, -0.2) is 30.0 Å². The quantitative estimate of drug-likeness (QED) is 0.777. The van der Waals surface area contributed by atoms with Gasteiger partial charge < -0.3 is 4.90 Å². The molecule has 2 heterocycles. The van der Waals surface area contributed by atoms with Gasteiger partial charge in [-0.25, -0.2) is 0 Å². The van der Waals surface area contributed by atoms with Gasteiger partial charge in [-0.3, -0.25) is 4.98 Å². The minimum absolute atomic E-state index is 0.529. The van der Waals surface area contributed by atoms with Crippen LogP contribution < -0.4 is 0 Å². The van der Waals surface area contributed by atoms with Gasteiger partial charge in [0.05, 0.1) is 0 Å². The second-order valence-corrected chi connectivity index (χ2v) is 5.70. The van der Waals surface area contributed by atoms with E-state index >= 15 is 0 Å². The maximum atomic E-state index is 4.66. The fourth-order valence-corrected chi connectivity index (χ4v) is 2.78. The van der Waals surface area contributed by atoms with Crippen LogP contribution >= 0.6 is 0 Å². The molecule has 1 aromatic heterocycles. The molecule has 2 rings (SSSR count). The third kappa shape index (κ3) is 2.86. The van der Waals surface area contributed by atoms with Crippen molar-refractivity contribution in [1.82, 2.24) is 9.88 Å². The fraction of sp³-hybridized carbons (Fsp3) is 0.667. The average Bonchev–Trinajstić information content (AvgIpc) is 2.29. The first-order valence-electron chi connectivity index (χ1n) is 6.73. The van der Waals surface area contributed by atoms with Crippen molar-refractivity contribution in [3.05, 3.63) is 29.1 Å². The fourth-order valence-electron chi connectivity index (χ4n) is 2.78. The highest BCUT2D eigenvalue weighted by molar-refractivity contribution is 5.28.